The minimum absolute atomic E-state index is 0.141. The van der Waals surface area contributed by atoms with E-state index in [0.717, 1.165) is 36.1 Å². The number of piperidine rings is 1. The molecule has 1 aromatic heterocycles. The Morgan fingerprint density at radius 3 is 2.43 bits per heavy atom. The van der Waals surface area contributed by atoms with Crippen molar-refractivity contribution in [3.05, 3.63) is 81.9 Å². The summed E-state index contributed by atoms with van der Waals surface area (Å²) in [4.78, 5) is 24.5. The molecule has 1 saturated heterocycles. The molecule has 1 aliphatic rings. The lowest BCUT2D eigenvalue weighted by Crippen LogP contribution is -2.37. The van der Waals surface area contributed by atoms with Gasteiger partial charge in [0.1, 0.15) is 0 Å². The van der Waals surface area contributed by atoms with E-state index in [0.29, 0.717) is 19.0 Å². The maximum atomic E-state index is 13.5. The van der Waals surface area contributed by atoms with Crippen LogP contribution in [0.5, 0.6) is 0 Å². The molecule has 2 heterocycles. The zero-order valence-corrected chi connectivity index (χ0v) is 16.5. The van der Waals surface area contributed by atoms with Crippen molar-refractivity contribution in [2.75, 3.05) is 13.1 Å². The molecule has 30 heavy (non-hydrogen) atoms. The van der Waals surface area contributed by atoms with Gasteiger partial charge in [-0.15, -0.1) is 0 Å². The fraction of sp³-hybridized carbons (Fsp3) is 0.273. The van der Waals surface area contributed by atoms with E-state index in [1.807, 2.05) is 19.4 Å². The van der Waals surface area contributed by atoms with Crippen molar-refractivity contribution in [1.82, 2.24) is 14.7 Å². The Morgan fingerprint density at radius 2 is 1.83 bits per heavy atom. The van der Waals surface area contributed by atoms with Gasteiger partial charge in [0.15, 0.2) is 0 Å². The Bertz CT molecular complexity index is 1090. The van der Waals surface area contributed by atoms with Crippen LogP contribution in [0.15, 0.2) is 54.9 Å². The Kier molecular flexibility index (Phi) is 5.31. The van der Waals surface area contributed by atoms with E-state index < -0.39 is 16.4 Å². The van der Waals surface area contributed by atoms with Gasteiger partial charge < -0.3 is 4.90 Å². The van der Waals surface area contributed by atoms with E-state index >= 15 is 0 Å². The van der Waals surface area contributed by atoms with Gasteiger partial charge in [-0.3, -0.25) is 19.6 Å². The zero-order chi connectivity index (χ0) is 21.3. The molecular weight excluding hydrogens is 387 g/mol. The van der Waals surface area contributed by atoms with Gasteiger partial charge in [0.2, 0.25) is 5.82 Å². The largest absolute Gasteiger partial charge is 0.339 e. The third kappa shape index (κ3) is 3.94. The number of aryl methyl sites for hydroxylation is 1. The van der Waals surface area contributed by atoms with Gasteiger partial charge in [-0.1, -0.05) is 24.3 Å². The van der Waals surface area contributed by atoms with E-state index in [-0.39, 0.29) is 11.5 Å². The van der Waals surface area contributed by atoms with Crippen molar-refractivity contribution in [2.24, 2.45) is 7.05 Å². The van der Waals surface area contributed by atoms with Gasteiger partial charge in [-0.25, -0.2) is 0 Å². The van der Waals surface area contributed by atoms with Gasteiger partial charge in [-0.2, -0.15) is 9.49 Å². The van der Waals surface area contributed by atoms with Crippen LogP contribution < -0.4 is 0 Å². The molecule has 0 atom stereocenters. The van der Waals surface area contributed by atoms with Crippen molar-refractivity contribution in [3.63, 3.8) is 0 Å². The molecule has 0 N–H and O–H groups in total. The van der Waals surface area contributed by atoms with Crippen LogP contribution in [0, 0.1) is 15.9 Å². The molecule has 4 rings (SSSR count). The highest BCUT2D eigenvalue weighted by Gasteiger charge is 2.26. The van der Waals surface area contributed by atoms with Crippen molar-refractivity contribution >= 4 is 11.6 Å². The number of rotatable bonds is 4. The molecule has 154 valence electrons. The van der Waals surface area contributed by atoms with E-state index in [2.05, 4.69) is 29.4 Å². The third-order valence-corrected chi connectivity index (χ3v) is 5.59. The van der Waals surface area contributed by atoms with Crippen LogP contribution in [-0.4, -0.2) is 38.6 Å². The van der Waals surface area contributed by atoms with Crippen molar-refractivity contribution in [3.8, 4) is 11.1 Å². The highest BCUT2D eigenvalue weighted by atomic mass is 19.1. The minimum atomic E-state index is -0.940. The first-order valence-corrected chi connectivity index (χ1v) is 9.74. The van der Waals surface area contributed by atoms with Crippen LogP contribution in [-0.2, 0) is 7.05 Å². The molecule has 3 aromatic rings. The lowest BCUT2D eigenvalue weighted by atomic mass is 9.88. The number of halogens is 1. The molecule has 1 fully saturated rings. The molecule has 0 radical (unpaired) electrons. The normalized spacial score (nSPS) is 14.7. The van der Waals surface area contributed by atoms with Gasteiger partial charge >= 0.3 is 5.69 Å². The number of aromatic nitrogens is 2. The van der Waals surface area contributed by atoms with Crippen molar-refractivity contribution in [2.45, 2.75) is 18.8 Å². The Hall–Kier alpha value is -3.55. The Labute approximate surface area is 172 Å². The average Bonchev–Trinajstić information content (AvgIpc) is 3.20. The molecule has 0 bridgehead atoms. The molecule has 2 aromatic carbocycles. The first kappa shape index (κ1) is 19.8. The molecule has 0 saturated carbocycles. The lowest BCUT2D eigenvalue weighted by Gasteiger charge is -2.32. The Balaban J connectivity index is 1.41. The summed E-state index contributed by atoms with van der Waals surface area (Å²) in [6.45, 7) is 1.11. The van der Waals surface area contributed by atoms with Gasteiger partial charge in [0, 0.05) is 43.5 Å². The SMILES string of the molecule is Cn1cc(-c2ccc(C3CCN(C(=O)c4ccc(F)c([N+](=O)[O-])c4)CC3)cc2)cn1. The first-order valence-electron chi connectivity index (χ1n) is 9.74. The third-order valence-electron chi connectivity index (χ3n) is 5.59. The number of nitrogens with zero attached hydrogens (tertiary/aromatic N) is 4. The molecule has 1 amide bonds. The van der Waals surface area contributed by atoms with Crippen LogP contribution in [0.1, 0.15) is 34.7 Å². The number of nitro benzene ring substituents is 1. The van der Waals surface area contributed by atoms with E-state index in [4.69, 9.17) is 0 Å². The summed E-state index contributed by atoms with van der Waals surface area (Å²) in [5.41, 5.74) is 2.87. The molecule has 0 unspecified atom stereocenters. The topological polar surface area (TPSA) is 81.3 Å². The summed E-state index contributed by atoms with van der Waals surface area (Å²) < 4.78 is 15.3. The Morgan fingerprint density at radius 1 is 1.13 bits per heavy atom. The number of benzene rings is 2. The van der Waals surface area contributed by atoms with E-state index in [9.17, 15) is 19.3 Å². The van der Waals surface area contributed by atoms with Gasteiger partial charge in [0.05, 0.1) is 11.1 Å². The number of amides is 1. The quantitative estimate of drug-likeness (QED) is 0.480. The summed E-state index contributed by atoms with van der Waals surface area (Å²) in [6, 6.07) is 11.7. The predicted octanol–water partition coefficient (Wildman–Crippen LogP) is 4.15. The van der Waals surface area contributed by atoms with Gasteiger partial charge in [-0.05, 0) is 42.0 Å². The molecule has 0 spiro atoms. The zero-order valence-electron chi connectivity index (χ0n) is 16.5. The molecule has 1 aliphatic heterocycles. The van der Waals surface area contributed by atoms with Crippen molar-refractivity contribution < 1.29 is 14.1 Å². The van der Waals surface area contributed by atoms with Crippen molar-refractivity contribution in [1.29, 1.82) is 0 Å². The maximum Gasteiger partial charge on any atom is 0.305 e. The monoisotopic (exact) mass is 408 g/mol. The van der Waals surface area contributed by atoms with Crippen LogP contribution in [0.4, 0.5) is 10.1 Å². The summed E-state index contributed by atoms with van der Waals surface area (Å²) in [7, 11) is 1.89. The number of likely N-dealkylation sites (tertiary alicyclic amines) is 1. The van der Waals surface area contributed by atoms with E-state index in [1.54, 1.807) is 9.58 Å². The lowest BCUT2D eigenvalue weighted by molar-refractivity contribution is -0.387. The fourth-order valence-electron chi connectivity index (χ4n) is 3.90. The second-order valence-corrected chi connectivity index (χ2v) is 7.51. The minimum Gasteiger partial charge on any atom is -0.339 e. The number of carbonyl (C=O) groups is 1. The highest BCUT2D eigenvalue weighted by Crippen LogP contribution is 2.31. The average molecular weight is 408 g/mol. The predicted molar refractivity (Wildman–Crippen MR) is 110 cm³/mol. The van der Waals surface area contributed by atoms with Crippen LogP contribution in [0.25, 0.3) is 11.1 Å². The summed E-state index contributed by atoms with van der Waals surface area (Å²) in [5, 5.41) is 15.1. The molecule has 7 nitrogen and oxygen atoms in total. The standard InChI is InChI=1S/C22H21FN4O3/c1-25-14-19(13-24-25)16-4-2-15(3-5-16)17-8-10-26(11-9-17)22(28)18-6-7-20(23)21(12-18)27(29)30/h2-7,12-14,17H,8-11H2,1H3. The molecule has 0 aliphatic carbocycles. The number of nitro groups is 1. The summed E-state index contributed by atoms with van der Waals surface area (Å²) >= 11 is 0. The second-order valence-electron chi connectivity index (χ2n) is 7.51. The fourth-order valence-corrected chi connectivity index (χ4v) is 3.90. The van der Waals surface area contributed by atoms with Gasteiger partial charge in [0.25, 0.3) is 5.91 Å². The summed E-state index contributed by atoms with van der Waals surface area (Å²) in [6.07, 6.45) is 5.42. The number of hydrogen-bond acceptors (Lipinski definition) is 4. The van der Waals surface area contributed by atoms with Crippen LogP contribution >= 0.6 is 0 Å². The van der Waals surface area contributed by atoms with Crippen LogP contribution in [0.2, 0.25) is 0 Å². The second kappa shape index (κ2) is 8.06. The smallest absolute Gasteiger partial charge is 0.305 e. The number of carbonyl (C=O) groups excluding carboxylic acids is 1. The number of hydrogen-bond donors (Lipinski definition) is 0. The molecule has 8 heteroatoms. The van der Waals surface area contributed by atoms with E-state index in [1.165, 1.54) is 11.6 Å². The molecular formula is C22H21FN4O3. The first-order chi connectivity index (χ1) is 14.4. The summed E-state index contributed by atoms with van der Waals surface area (Å²) in [5.74, 6) is -0.895. The highest BCUT2D eigenvalue weighted by molar-refractivity contribution is 5.95. The van der Waals surface area contributed by atoms with Crippen LogP contribution in [0.3, 0.4) is 0 Å². The maximum absolute atomic E-state index is 13.5.